The second-order valence-electron chi connectivity index (χ2n) is 6.85. The molecular weight excluding hydrogens is 362 g/mol. The van der Waals surface area contributed by atoms with Gasteiger partial charge < -0.3 is 5.32 Å². The number of nitrogens with zero attached hydrogens (tertiary/aromatic N) is 2. The zero-order valence-electron chi connectivity index (χ0n) is 15.5. The van der Waals surface area contributed by atoms with E-state index in [1.807, 2.05) is 12.1 Å². The molecule has 0 saturated carbocycles. The Hall–Kier alpha value is -2.25. The summed E-state index contributed by atoms with van der Waals surface area (Å²) in [6, 6.07) is 8.82. The lowest BCUT2D eigenvalue weighted by Gasteiger charge is -2.26. The highest BCUT2D eigenvalue weighted by Gasteiger charge is 2.27. The van der Waals surface area contributed by atoms with Crippen LogP contribution in [0.5, 0.6) is 0 Å². The van der Waals surface area contributed by atoms with Crippen LogP contribution >= 0.6 is 0 Å². The standard InChI is InChI=1S/C20H25N3O3S/c1-16-7-9-18(22-20(24)10-8-17-6-5-11-21-15-17)14-19(16)27(25,26)23-12-3-2-4-13-23/h5-7,9,11,14-15H,2-4,8,10,12-13H2,1H3,(H,22,24). The molecule has 0 spiro atoms. The van der Waals surface area contributed by atoms with Crippen molar-refractivity contribution in [3.8, 4) is 0 Å². The van der Waals surface area contributed by atoms with Crippen LogP contribution in [-0.2, 0) is 21.2 Å². The van der Waals surface area contributed by atoms with E-state index in [1.165, 1.54) is 0 Å². The van der Waals surface area contributed by atoms with Crippen molar-refractivity contribution in [2.75, 3.05) is 18.4 Å². The SMILES string of the molecule is Cc1ccc(NC(=O)CCc2cccnc2)cc1S(=O)(=O)N1CCCCC1. The number of anilines is 1. The number of hydrogen-bond acceptors (Lipinski definition) is 4. The predicted octanol–water partition coefficient (Wildman–Crippen LogP) is 3.14. The molecule has 7 heteroatoms. The Labute approximate surface area is 160 Å². The molecule has 0 atom stereocenters. The van der Waals surface area contributed by atoms with E-state index in [4.69, 9.17) is 0 Å². The molecule has 0 unspecified atom stereocenters. The Morgan fingerprint density at radius 3 is 2.67 bits per heavy atom. The van der Waals surface area contributed by atoms with Gasteiger partial charge in [-0.05, 0) is 55.5 Å². The third-order valence-electron chi connectivity index (χ3n) is 4.77. The third kappa shape index (κ3) is 4.93. The molecule has 1 aliphatic rings. The van der Waals surface area contributed by atoms with Crippen molar-refractivity contribution in [3.05, 3.63) is 53.9 Å². The van der Waals surface area contributed by atoms with Crippen molar-refractivity contribution in [1.82, 2.24) is 9.29 Å². The summed E-state index contributed by atoms with van der Waals surface area (Å²) in [5, 5.41) is 2.81. The summed E-state index contributed by atoms with van der Waals surface area (Å²) in [6.45, 7) is 2.90. The number of carbonyl (C=O) groups excluding carboxylic acids is 1. The first-order chi connectivity index (χ1) is 13.0. The smallest absolute Gasteiger partial charge is 0.243 e. The van der Waals surface area contributed by atoms with Gasteiger partial charge in [-0.15, -0.1) is 0 Å². The number of amides is 1. The topological polar surface area (TPSA) is 79.4 Å². The van der Waals surface area contributed by atoms with Crippen LogP contribution in [0.2, 0.25) is 0 Å². The van der Waals surface area contributed by atoms with E-state index < -0.39 is 10.0 Å². The molecule has 6 nitrogen and oxygen atoms in total. The Balaban J connectivity index is 1.70. The van der Waals surface area contributed by atoms with Gasteiger partial charge in [0.25, 0.3) is 0 Å². The Morgan fingerprint density at radius 2 is 1.96 bits per heavy atom. The minimum atomic E-state index is -3.53. The van der Waals surface area contributed by atoms with Gasteiger partial charge >= 0.3 is 0 Å². The molecule has 27 heavy (non-hydrogen) atoms. The van der Waals surface area contributed by atoms with Crippen molar-refractivity contribution in [3.63, 3.8) is 0 Å². The first-order valence-corrected chi connectivity index (χ1v) is 10.7. The lowest BCUT2D eigenvalue weighted by atomic mass is 10.1. The zero-order valence-corrected chi connectivity index (χ0v) is 16.3. The number of piperidine rings is 1. The third-order valence-corrected chi connectivity index (χ3v) is 6.81. The van der Waals surface area contributed by atoms with Crippen LogP contribution in [0.1, 0.15) is 36.8 Å². The fraction of sp³-hybridized carbons (Fsp3) is 0.400. The summed E-state index contributed by atoms with van der Waals surface area (Å²) in [7, 11) is -3.53. The van der Waals surface area contributed by atoms with E-state index in [-0.39, 0.29) is 10.8 Å². The number of aryl methyl sites for hydroxylation is 2. The lowest BCUT2D eigenvalue weighted by molar-refractivity contribution is -0.116. The average Bonchev–Trinajstić information content (AvgIpc) is 2.69. The lowest BCUT2D eigenvalue weighted by Crippen LogP contribution is -2.36. The van der Waals surface area contributed by atoms with Crippen molar-refractivity contribution in [2.45, 2.75) is 43.9 Å². The summed E-state index contributed by atoms with van der Waals surface area (Å²) >= 11 is 0. The van der Waals surface area contributed by atoms with Gasteiger partial charge in [-0.3, -0.25) is 9.78 Å². The summed E-state index contributed by atoms with van der Waals surface area (Å²) < 4.78 is 27.5. The molecule has 0 radical (unpaired) electrons. The van der Waals surface area contributed by atoms with Crippen LogP contribution < -0.4 is 5.32 Å². The van der Waals surface area contributed by atoms with E-state index in [0.717, 1.165) is 24.8 Å². The molecule has 0 aliphatic carbocycles. The zero-order chi connectivity index (χ0) is 19.3. The molecule has 3 rings (SSSR count). The van der Waals surface area contributed by atoms with Gasteiger partial charge in [-0.25, -0.2) is 8.42 Å². The van der Waals surface area contributed by atoms with Crippen molar-refractivity contribution < 1.29 is 13.2 Å². The molecule has 1 saturated heterocycles. The molecule has 1 aromatic heterocycles. The Morgan fingerprint density at radius 1 is 1.19 bits per heavy atom. The van der Waals surface area contributed by atoms with Crippen molar-refractivity contribution >= 4 is 21.6 Å². The van der Waals surface area contributed by atoms with Gasteiger partial charge in [0.05, 0.1) is 4.90 Å². The highest BCUT2D eigenvalue weighted by molar-refractivity contribution is 7.89. The van der Waals surface area contributed by atoms with Gasteiger partial charge in [0.1, 0.15) is 0 Å². The van der Waals surface area contributed by atoms with E-state index in [0.29, 0.717) is 37.2 Å². The molecular formula is C20H25N3O3S. The van der Waals surface area contributed by atoms with Crippen LogP contribution in [0.4, 0.5) is 5.69 Å². The second kappa shape index (κ2) is 8.63. The molecule has 1 aliphatic heterocycles. The van der Waals surface area contributed by atoms with Gasteiger partial charge in [-0.2, -0.15) is 4.31 Å². The van der Waals surface area contributed by atoms with Crippen LogP contribution in [0, 0.1) is 6.92 Å². The normalized spacial score (nSPS) is 15.4. The number of pyridine rings is 1. The van der Waals surface area contributed by atoms with Crippen molar-refractivity contribution in [1.29, 1.82) is 0 Å². The summed E-state index contributed by atoms with van der Waals surface area (Å²) in [5.41, 5.74) is 2.19. The van der Waals surface area contributed by atoms with E-state index >= 15 is 0 Å². The van der Waals surface area contributed by atoms with E-state index in [9.17, 15) is 13.2 Å². The first kappa shape index (κ1) is 19.5. The molecule has 1 N–H and O–H groups in total. The monoisotopic (exact) mass is 387 g/mol. The minimum Gasteiger partial charge on any atom is -0.326 e. The highest BCUT2D eigenvalue weighted by Crippen LogP contribution is 2.26. The Bertz CT molecular complexity index is 892. The van der Waals surface area contributed by atoms with Crippen molar-refractivity contribution in [2.24, 2.45) is 0 Å². The van der Waals surface area contributed by atoms with Crippen LogP contribution in [0.3, 0.4) is 0 Å². The Kier molecular flexibility index (Phi) is 6.23. The molecule has 1 fully saturated rings. The molecule has 1 aromatic carbocycles. The summed E-state index contributed by atoms with van der Waals surface area (Å²) in [4.78, 5) is 16.6. The number of rotatable bonds is 6. The summed E-state index contributed by atoms with van der Waals surface area (Å²) in [5.74, 6) is -0.149. The van der Waals surface area contributed by atoms with E-state index in [1.54, 1.807) is 41.8 Å². The highest BCUT2D eigenvalue weighted by atomic mass is 32.2. The molecule has 144 valence electrons. The fourth-order valence-electron chi connectivity index (χ4n) is 3.23. The number of aromatic nitrogens is 1. The maximum atomic E-state index is 13.0. The maximum Gasteiger partial charge on any atom is 0.243 e. The van der Waals surface area contributed by atoms with Gasteiger partial charge in [0.2, 0.25) is 15.9 Å². The summed E-state index contributed by atoms with van der Waals surface area (Å²) in [6.07, 6.45) is 7.19. The number of hydrogen-bond donors (Lipinski definition) is 1. The molecule has 0 bridgehead atoms. The molecule has 1 amide bonds. The first-order valence-electron chi connectivity index (χ1n) is 9.26. The number of nitrogens with one attached hydrogen (secondary N) is 1. The quantitative estimate of drug-likeness (QED) is 0.826. The largest absolute Gasteiger partial charge is 0.326 e. The molecule has 2 aromatic rings. The number of sulfonamides is 1. The maximum absolute atomic E-state index is 13.0. The van der Waals surface area contributed by atoms with Gasteiger partial charge in [-0.1, -0.05) is 18.6 Å². The van der Waals surface area contributed by atoms with Gasteiger partial charge in [0, 0.05) is 37.6 Å². The average molecular weight is 388 g/mol. The number of benzene rings is 1. The predicted molar refractivity (Wildman–Crippen MR) is 105 cm³/mol. The van der Waals surface area contributed by atoms with Crippen LogP contribution in [0.25, 0.3) is 0 Å². The van der Waals surface area contributed by atoms with E-state index in [2.05, 4.69) is 10.3 Å². The molecule has 2 heterocycles. The van der Waals surface area contributed by atoms with Crippen LogP contribution in [-0.4, -0.2) is 36.7 Å². The number of carbonyl (C=O) groups is 1. The second-order valence-corrected chi connectivity index (χ2v) is 8.76. The van der Waals surface area contributed by atoms with Gasteiger partial charge in [0.15, 0.2) is 0 Å². The minimum absolute atomic E-state index is 0.149. The van der Waals surface area contributed by atoms with Crippen LogP contribution in [0.15, 0.2) is 47.6 Å². The fourth-order valence-corrected chi connectivity index (χ4v) is 5.00.